The van der Waals surface area contributed by atoms with Crippen molar-refractivity contribution in [3.8, 4) is 0 Å². The Hall–Kier alpha value is -0.450. The lowest BCUT2D eigenvalue weighted by molar-refractivity contribution is -0.174. The number of ketones is 1. The molecule has 1 aliphatic carbocycles. The van der Waals surface area contributed by atoms with E-state index in [1.54, 1.807) is 0 Å². The number of nitrogens with zero attached hydrogens (tertiary/aromatic N) is 1. The zero-order chi connectivity index (χ0) is 9.47. The predicted molar refractivity (Wildman–Crippen MR) is 45.9 cm³/mol. The van der Waals surface area contributed by atoms with E-state index in [0.717, 1.165) is 19.5 Å². The second-order valence-corrected chi connectivity index (χ2v) is 4.17. The van der Waals surface area contributed by atoms with Gasteiger partial charge in [0.2, 0.25) is 6.41 Å². The van der Waals surface area contributed by atoms with Gasteiger partial charge in [0.1, 0.15) is 5.78 Å². The van der Waals surface area contributed by atoms with Gasteiger partial charge in [0.05, 0.1) is 0 Å². The minimum atomic E-state index is -0.796. The maximum absolute atomic E-state index is 10.9. The van der Waals surface area contributed by atoms with Crippen LogP contribution >= 0.6 is 0 Å². The van der Waals surface area contributed by atoms with E-state index in [2.05, 4.69) is 0 Å². The number of methoxy groups -OCH3 is 1. The van der Waals surface area contributed by atoms with Gasteiger partial charge in [-0.25, -0.2) is 0 Å². The van der Waals surface area contributed by atoms with Crippen LogP contribution in [-0.2, 0) is 9.53 Å². The molecule has 13 heavy (non-hydrogen) atoms. The highest BCUT2D eigenvalue weighted by atomic mass is 16.6. The summed E-state index contributed by atoms with van der Waals surface area (Å²) in [4.78, 5) is 12.8. The van der Waals surface area contributed by atoms with Gasteiger partial charge < -0.3 is 9.84 Å². The third-order valence-corrected chi connectivity index (χ3v) is 3.14. The number of hydrogen-bond donors (Lipinski definition) is 1. The van der Waals surface area contributed by atoms with Crippen molar-refractivity contribution in [1.82, 2.24) is 4.90 Å². The van der Waals surface area contributed by atoms with Gasteiger partial charge in [0.15, 0.2) is 0 Å². The highest BCUT2D eigenvalue weighted by molar-refractivity contribution is 5.86. The first kappa shape index (κ1) is 9.12. The molecule has 0 aromatic carbocycles. The monoisotopic (exact) mass is 185 g/mol. The van der Waals surface area contributed by atoms with Crippen molar-refractivity contribution in [2.75, 3.05) is 20.2 Å². The Balaban J connectivity index is 1.91. The lowest BCUT2D eigenvalue weighted by atomic mass is 9.67. The fraction of sp³-hybridized carbons (Fsp3) is 0.889. The highest BCUT2D eigenvalue weighted by Gasteiger charge is 2.48. The van der Waals surface area contributed by atoms with Crippen LogP contribution in [0.1, 0.15) is 19.3 Å². The molecule has 0 radical (unpaired) electrons. The number of aliphatic hydroxyl groups excluding tert-OH is 1. The van der Waals surface area contributed by atoms with Crippen molar-refractivity contribution >= 4 is 5.78 Å². The first-order chi connectivity index (χ1) is 6.15. The molecule has 1 aliphatic heterocycles. The summed E-state index contributed by atoms with van der Waals surface area (Å²) in [6.45, 7) is 1.63. The Morgan fingerprint density at radius 3 is 2.85 bits per heavy atom. The van der Waals surface area contributed by atoms with Crippen molar-refractivity contribution in [3.63, 3.8) is 0 Å². The zero-order valence-corrected chi connectivity index (χ0v) is 7.82. The van der Waals surface area contributed by atoms with Crippen molar-refractivity contribution in [1.29, 1.82) is 0 Å². The Morgan fingerprint density at radius 2 is 2.31 bits per heavy atom. The van der Waals surface area contributed by atoms with E-state index in [1.165, 1.54) is 7.11 Å². The van der Waals surface area contributed by atoms with Crippen molar-refractivity contribution < 1.29 is 14.6 Å². The average Bonchev–Trinajstić information content (AvgIpc) is 2.47. The van der Waals surface area contributed by atoms with Gasteiger partial charge in [-0.2, -0.15) is 0 Å². The van der Waals surface area contributed by atoms with Crippen molar-refractivity contribution in [2.45, 2.75) is 25.7 Å². The lowest BCUT2D eigenvalue weighted by Crippen LogP contribution is -2.42. The van der Waals surface area contributed by atoms with Crippen LogP contribution < -0.4 is 0 Å². The highest BCUT2D eigenvalue weighted by Crippen LogP contribution is 2.46. The molecule has 1 atom stereocenters. The summed E-state index contributed by atoms with van der Waals surface area (Å²) < 4.78 is 4.82. The van der Waals surface area contributed by atoms with Gasteiger partial charge in [-0.05, 0) is 11.8 Å². The van der Waals surface area contributed by atoms with E-state index in [-0.39, 0.29) is 5.41 Å². The molecule has 2 fully saturated rings. The van der Waals surface area contributed by atoms with E-state index in [9.17, 15) is 9.90 Å². The van der Waals surface area contributed by atoms with Crippen LogP contribution in [0.25, 0.3) is 0 Å². The molecule has 1 N–H and O–H groups in total. The Morgan fingerprint density at radius 1 is 1.62 bits per heavy atom. The molecular weight excluding hydrogens is 170 g/mol. The molecule has 0 bridgehead atoms. The summed E-state index contributed by atoms with van der Waals surface area (Å²) in [6, 6.07) is 0. The number of ether oxygens (including phenoxy) is 1. The summed E-state index contributed by atoms with van der Waals surface area (Å²) >= 11 is 0. The molecule has 1 saturated heterocycles. The smallest absolute Gasteiger partial charge is 0.215 e. The quantitative estimate of drug-likeness (QED) is 0.613. The van der Waals surface area contributed by atoms with Gasteiger partial charge in [-0.1, -0.05) is 0 Å². The number of rotatable bonds is 2. The standard InChI is InChI=1S/C9H15NO3/c1-13-8(12)10-3-2-9(6-10)4-7(11)5-9/h8,12H,2-6H2,1H3. The first-order valence-corrected chi connectivity index (χ1v) is 4.62. The first-order valence-electron chi connectivity index (χ1n) is 4.62. The van der Waals surface area contributed by atoms with Crippen LogP contribution in [0.3, 0.4) is 0 Å². The van der Waals surface area contributed by atoms with E-state index in [1.807, 2.05) is 4.90 Å². The summed E-state index contributed by atoms with van der Waals surface area (Å²) in [5.41, 5.74) is 0.177. The Kier molecular flexibility index (Phi) is 2.14. The average molecular weight is 185 g/mol. The zero-order valence-electron chi connectivity index (χ0n) is 7.82. The molecule has 4 nitrogen and oxygen atoms in total. The molecule has 1 spiro atoms. The van der Waals surface area contributed by atoms with Crippen LogP contribution in [0.15, 0.2) is 0 Å². The summed E-state index contributed by atoms with van der Waals surface area (Å²) in [6.07, 6.45) is 1.61. The van der Waals surface area contributed by atoms with E-state index in [0.29, 0.717) is 18.6 Å². The molecule has 74 valence electrons. The third kappa shape index (κ3) is 1.49. The van der Waals surface area contributed by atoms with Crippen LogP contribution in [0.2, 0.25) is 0 Å². The molecule has 0 amide bonds. The third-order valence-electron chi connectivity index (χ3n) is 3.14. The van der Waals surface area contributed by atoms with Gasteiger partial charge >= 0.3 is 0 Å². The number of carbonyl (C=O) groups excluding carboxylic acids is 1. The van der Waals surface area contributed by atoms with Crippen LogP contribution in [0.4, 0.5) is 0 Å². The maximum Gasteiger partial charge on any atom is 0.215 e. The molecule has 1 heterocycles. The number of Topliss-reactive ketones (excluding diaryl/α,β-unsaturated/α-hetero) is 1. The number of hydrogen-bond acceptors (Lipinski definition) is 4. The molecule has 4 heteroatoms. The van der Waals surface area contributed by atoms with Crippen LogP contribution in [-0.4, -0.2) is 42.4 Å². The molecule has 1 unspecified atom stereocenters. The topological polar surface area (TPSA) is 49.8 Å². The minimum absolute atomic E-state index is 0.177. The summed E-state index contributed by atoms with van der Waals surface area (Å²) in [5.74, 6) is 0.355. The Labute approximate surface area is 77.5 Å². The number of aliphatic hydroxyl groups is 1. The number of carbonyl (C=O) groups is 1. The normalized spacial score (nSPS) is 29.2. The molecule has 2 aliphatic rings. The predicted octanol–water partition coefficient (Wildman–Crippen LogP) is -0.0363. The van der Waals surface area contributed by atoms with Gasteiger partial charge in [-0.15, -0.1) is 0 Å². The fourth-order valence-electron chi connectivity index (χ4n) is 2.38. The molecule has 0 aromatic heterocycles. The molecule has 2 rings (SSSR count). The lowest BCUT2D eigenvalue weighted by Gasteiger charge is -2.36. The second kappa shape index (κ2) is 3.04. The SMILES string of the molecule is COC(O)N1CCC2(CC(=O)C2)C1. The van der Waals surface area contributed by atoms with E-state index in [4.69, 9.17) is 4.74 Å². The van der Waals surface area contributed by atoms with Gasteiger partial charge in [-0.3, -0.25) is 9.69 Å². The van der Waals surface area contributed by atoms with Crippen molar-refractivity contribution in [2.24, 2.45) is 5.41 Å². The summed E-state index contributed by atoms with van der Waals surface area (Å²) in [7, 11) is 1.49. The van der Waals surface area contributed by atoms with Gasteiger partial charge in [0.25, 0.3) is 0 Å². The maximum atomic E-state index is 10.9. The fourth-order valence-corrected chi connectivity index (χ4v) is 2.38. The second-order valence-electron chi connectivity index (χ2n) is 4.17. The molecular formula is C9H15NO3. The summed E-state index contributed by atoms with van der Waals surface area (Å²) in [5, 5.41) is 9.39. The number of likely N-dealkylation sites (tertiary alicyclic amines) is 1. The van der Waals surface area contributed by atoms with Crippen LogP contribution in [0, 0.1) is 5.41 Å². The largest absolute Gasteiger partial charge is 0.356 e. The minimum Gasteiger partial charge on any atom is -0.356 e. The van der Waals surface area contributed by atoms with Crippen molar-refractivity contribution in [3.05, 3.63) is 0 Å². The van der Waals surface area contributed by atoms with E-state index >= 15 is 0 Å². The van der Waals surface area contributed by atoms with Crippen LogP contribution in [0.5, 0.6) is 0 Å². The molecule has 0 aromatic rings. The van der Waals surface area contributed by atoms with Gasteiger partial charge in [0, 0.05) is 33.0 Å². The Bertz CT molecular complexity index is 221. The molecule has 1 saturated carbocycles. The van der Waals surface area contributed by atoms with E-state index < -0.39 is 6.41 Å².